The molecule has 2 aliphatic rings. The number of nitriles is 1. The maximum Gasteiger partial charge on any atom is 0.317 e. The molecule has 6 amide bonds. The van der Waals surface area contributed by atoms with E-state index >= 15 is 0 Å². The van der Waals surface area contributed by atoms with Gasteiger partial charge in [0.15, 0.2) is 0 Å². The number of nitrogens with one attached hydrogen (secondary N) is 7. The number of carbonyl (C=O) groups is 9. The fraction of sp³-hybridized carbons (Fsp3) is 0.431. The Morgan fingerprint density at radius 1 is 0.670 bits per heavy atom. The summed E-state index contributed by atoms with van der Waals surface area (Å²) >= 11 is 0. The first-order valence-corrected chi connectivity index (χ1v) is 35.2. The predicted octanol–water partition coefficient (Wildman–Crippen LogP) is 1.90. The Morgan fingerprint density at radius 2 is 1.19 bits per heavy atom. The number of amides is 6. The summed E-state index contributed by atoms with van der Waals surface area (Å²) in [6.45, 7) is 4.01. The number of halogens is 2. The second-order valence-electron chi connectivity index (χ2n) is 24.9. The van der Waals surface area contributed by atoms with Crippen molar-refractivity contribution in [1.29, 1.82) is 5.26 Å². The zero-order valence-corrected chi connectivity index (χ0v) is 57.9. The lowest BCUT2D eigenvalue weighted by molar-refractivity contribution is -0.140. The van der Waals surface area contributed by atoms with Crippen LogP contribution in [0.15, 0.2) is 82.7 Å². The Labute approximate surface area is 590 Å². The number of carbonyl (C=O) groups excluding carboxylic acids is 6. The van der Waals surface area contributed by atoms with E-state index in [2.05, 4.69) is 42.4 Å². The topological polar surface area (TPSA) is 506 Å². The molecule has 0 saturated carbocycles. The van der Waals surface area contributed by atoms with Crippen LogP contribution in [0.1, 0.15) is 72.6 Å². The van der Waals surface area contributed by atoms with Gasteiger partial charge in [0.1, 0.15) is 33.7 Å². The van der Waals surface area contributed by atoms with Gasteiger partial charge >= 0.3 is 17.9 Å². The van der Waals surface area contributed by atoms with Gasteiger partial charge in [-0.3, -0.25) is 82.3 Å². The average Bonchev–Trinajstić information content (AvgIpc) is 1.49. The number of alkyl halides is 2. The number of hydrogen-bond acceptors (Lipinski definition) is 23. The lowest BCUT2D eigenvalue weighted by Crippen LogP contribution is -2.49. The van der Waals surface area contributed by atoms with Crippen LogP contribution in [0.2, 0.25) is 0 Å². The van der Waals surface area contributed by atoms with Crippen LogP contribution in [0.3, 0.4) is 0 Å². The van der Waals surface area contributed by atoms with E-state index in [1.165, 1.54) is 31.3 Å². The smallest absolute Gasteiger partial charge is 0.317 e. The van der Waals surface area contributed by atoms with E-state index < -0.39 is 144 Å². The van der Waals surface area contributed by atoms with E-state index in [9.17, 15) is 104 Å². The van der Waals surface area contributed by atoms with E-state index in [-0.39, 0.29) is 133 Å². The molecule has 2 aliphatic heterocycles. The number of aliphatic carboxylic acids is 3. The van der Waals surface area contributed by atoms with E-state index in [0.29, 0.717) is 46.1 Å². The van der Waals surface area contributed by atoms with Gasteiger partial charge < -0.3 is 63.1 Å². The van der Waals surface area contributed by atoms with Gasteiger partial charge in [-0.15, -0.1) is 0 Å². The fourth-order valence-electron chi connectivity index (χ4n) is 11.6. The van der Waals surface area contributed by atoms with Gasteiger partial charge in [-0.1, -0.05) is 18.2 Å². The van der Waals surface area contributed by atoms with Crippen LogP contribution in [0.4, 0.5) is 31.5 Å². The number of benzene rings is 4. The number of phenols is 1. The molecule has 4 aromatic carbocycles. The van der Waals surface area contributed by atoms with E-state index in [0.717, 1.165) is 11.0 Å². The zero-order chi connectivity index (χ0) is 75.7. The number of unbranched alkanes of at least 4 members (excludes halogenated alkanes) is 1. The monoisotopic (exact) mass is 1480 g/mol. The molecule has 556 valence electrons. The number of nitrogens with zero attached hydrogens (tertiary/aromatic N) is 7. The van der Waals surface area contributed by atoms with Gasteiger partial charge in [0.25, 0.3) is 32.1 Å². The number of hydrazine groups is 1. The van der Waals surface area contributed by atoms with Crippen molar-refractivity contribution >= 4 is 107 Å². The van der Waals surface area contributed by atoms with E-state index in [1.807, 2.05) is 0 Å². The minimum absolute atomic E-state index is 0.00743. The summed E-state index contributed by atoms with van der Waals surface area (Å²) in [5.74, 6) is -11.3. The lowest BCUT2D eigenvalue weighted by atomic mass is 9.99. The number of fused-ring (bicyclic) bond motifs is 1. The van der Waals surface area contributed by atoms with Crippen LogP contribution in [0, 0.1) is 25.2 Å². The maximum absolute atomic E-state index is 14.3. The quantitative estimate of drug-likeness (QED) is 0.0103. The summed E-state index contributed by atoms with van der Waals surface area (Å²) in [7, 11) is -10.2. The number of anilines is 4. The SMILES string of the molecule is Cc1cc(-c2ccc(NC(=O)C(CCCCNC(=O)CN3CCN(CC(=O)O)CCN(CC(=O)O)CCN(CC(=O)O)CC3)NC(=O)CCC(=O)NCc3cc(C(=O)N[C@H](C)C(=O)N4CC(F)(F)C[C@H]4C#N)ccn3)c(C)c2)ccc1NNc1ccc2c(S(=O)(=O)O)cc(S(=O)(=O)O)c(N)c2c1O. The highest BCUT2D eigenvalue weighted by atomic mass is 32.2. The molecule has 3 heterocycles. The molecule has 2 fully saturated rings. The van der Waals surface area contributed by atoms with Crippen molar-refractivity contribution in [2.45, 2.75) is 99.7 Å². The first-order valence-electron chi connectivity index (χ1n) is 32.3. The van der Waals surface area contributed by atoms with E-state index in [1.54, 1.807) is 75.9 Å². The van der Waals surface area contributed by atoms with Crippen LogP contribution in [-0.2, 0) is 65.1 Å². The number of carboxylic acids is 3. The molecule has 2 saturated heterocycles. The number of hydrogen-bond donors (Lipinski definition) is 14. The summed E-state index contributed by atoms with van der Waals surface area (Å²) in [5, 5.41) is 61.9. The third kappa shape index (κ3) is 23.4. The first kappa shape index (κ1) is 80.0. The van der Waals surface area contributed by atoms with Gasteiger partial charge in [0.2, 0.25) is 29.5 Å². The average molecular weight is 1480 g/mol. The molecule has 0 aliphatic carbocycles. The van der Waals surface area contributed by atoms with Crippen molar-refractivity contribution in [2.24, 2.45) is 0 Å². The van der Waals surface area contributed by atoms with Crippen molar-refractivity contribution in [3.8, 4) is 22.9 Å². The van der Waals surface area contributed by atoms with Gasteiger partial charge in [-0.05, 0) is 111 Å². The molecular formula is C65H81F2N15O19S2. The number of pyridine rings is 1. The number of nitrogen functional groups attached to an aromatic ring is 1. The number of phenolic OH excluding ortho intramolecular Hbond substituents is 1. The van der Waals surface area contributed by atoms with Crippen molar-refractivity contribution in [3.63, 3.8) is 0 Å². The molecule has 103 heavy (non-hydrogen) atoms. The molecule has 34 nitrogen and oxygen atoms in total. The number of carboxylic acid groups (broad SMARTS) is 3. The molecule has 1 unspecified atom stereocenters. The molecule has 0 radical (unpaired) electrons. The summed E-state index contributed by atoms with van der Waals surface area (Å²) in [4.78, 5) is 125. The molecule has 38 heteroatoms. The van der Waals surface area contributed by atoms with Crippen molar-refractivity contribution in [1.82, 2.24) is 50.8 Å². The van der Waals surface area contributed by atoms with Crippen molar-refractivity contribution in [2.75, 3.05) is 114 Å². The van der Waals surface area contributed by atoms with Crippen LogP contribution < -0.4 is 43.2 Å². The predicted molar refractivity (Wildman–Crippen MR) is 367 cm³/mol. The molecule has 1 aromatic heterocycles. The molecule has 0 spiro atoms. The summed E-state index contributed by atoms with van der Waals surface area (Å²) in [5.41, 5.74) is 14.5. The van der Waals surface area contributed by atoms with Gasteiger partial charge in [-0.2, -0.15) is 22.1 Å². The van der Waals surface area contributed by atoms with Crippen LogP contribution >= 0.6 is 0 Å². The Bertz CT molecular complexity index is 4290. The van der Waals surface area contributed by atoms with Gasteiger partial charge in [0.05, 0.1) is 73.5 Å². The number of likely N-dealkylation sites (tertiary alicyclic amines) is 1. The third-order valence-corrected chi connectivity index (χ3v) is 18.8. The summed E-state index contributed by atoms with van der Waals surface area (Å²) < 4.78 is 96.3. The zero-order valence-electron chi connectivity index (χ0n) is 56.3. The minimum Gasteiger partial charge on any atom is -0.505 e. The van der Waals surface area contributed by atoms with Crippen molar-refractivity contribution in [3.05, 3.63) is 95.3 Å². The largest absolute Gasteiger partial charge is 0.505 e. The van der Waals surface area contributed by atoms with Crippen molar-refractivity contribution < 1.29 is 98.3 Å². The van der Waals surface area contributed by atoms with Crippen LogP contribution in [0.5, 0.6) is 5.75 Å². The number of aromatic hydroxyl groups is 1. The first-order chi connectivity index (χ1) is 48.5. The van der Waals surface area contributed by atoms with Gasteiger partial charge in [0, 0.05) is 101 Å². The minimum atomic E-state index is -5.14. The Balaban J connectivity index is 0.992. The maximum atomic E-state index is 14.3. The molecule has 0 bridgehead atoms. The molecule has 15 N–H and O–H groups in total. The third-order valence-electron chi connectivity index (χ3n) is 17.0. The fourth-order valence-corrected chi connectivity index (χ4v) is 13.0. The standard InChI is InChI=1S/C65H81F2N15O19S2/c1-38-26-41(42-8-11-48(39(2)27-42)76-77-49-12-9-46-51(102(96,97)98)29-52(103(99,100)101)60(69)59(46)61(49)92)7-10-47(38)75-63(94)50(6-4-5-16-71-55(85)33-78-18-20-79(34-56(86)87)22-24-81(36-58(90)91)25-23-80(21-19-78)35-57(88)89)74-54(84)14-13-53(83)72-32-44-28-43(15-17-70-44)62(93)73-40(3)64(95)82-37-65(66,67)30-45(82)31-68/h7-12,15,17,26-29,40,45,50,76-77,92H,4-6,13-14,16,18-25,30,32-37,69H2,1-3H3,(H,71,85)(H,72,83)(H,73,93)(H,74,84)(H,75,94)(H,86,87)(H,88,89)(H,90,91)(H,96,97,98)(H,99,100,101)/t40-,45+,50?/m1/s1. The molecule has 3 atom stereocenters. The Hall–Kier alpha value is -10.3. The second kappa shape index (κ2) is 35.6. The summed E-state index contributed by atoms with van der Waals surface area (Å²) in [6, 6.07) is 13.7. The van der Waals surface area contributed by atoms with Crippen LogP contribution in [-0.4, -0.2) is 245 Å². The molecule has 7 rings (SSSR count). The Morgan fingerprint density at radius 3 is 1.73 bits per heavy atom. The highest BCUT2D eigenvalue weighted by molar-refractivity contribution is 7.87. The van der Waals surface area contributed by atoms with E-state index in [4.69, 9.17) is 5.73 Å². The summed E-state index contributed by atoms with van der Waals surface area (Å²) in [6.07, 6.45) is 0.262. The number of aromatic nitrogens is 1. The van der Waals surface area contributed by atoms with Crippen LogP contribution in [0.25, 0.3) is 21.9 Å². The highest BCUT2D eigenvalue weighted by Gasteiger charge is 2.48. The molecular weight excluding hydrogens is 1400 g/mol. The second-order valence-corrected chi connectivity index (χ2v) is 27.6. The highest BCUT2D eigenvalue weighted by Crippen LogP contribution is 2.43. The Kier molecular flexibility index (Phi) is 27.6. The number of nitrogens with two attached hydrogens (primary N) is 1. The van der Waals surface area contributed by atoms with Gasteiger partial charge in [-0.25, -0.2) is 8.78 Å². The lowest BCUT2D eigenvalue weighted by Gasteiger charge is -2.32. The number of rotatable bonds is 30. The molecule has 5 aromatic rings. The number of aryl methyl sites for hydroxylation is 2. The normalized spacial score (nSPS) is 16.4.